The number of hydrogen-bond acceptors (Lipinski definition) is 7. The summed E-state index contributed by atoms with van der Waals surface area (Å²) in [6.07, 6.45) is 2.37. The van der Waals surface area contributed by atoms with Crippen molar-refractivity contribution < 1.29 is 33.6 Å². The van der Waals surface area contributed by atoms with Crippen molar-refractivity contribution in [3.63, 3.8) is 0 Å². The molecule has 1 N–H and O–H groups in total. The zero-order valence-electron chi connectivity index (χ0n) is 18.1. The molecule has 1 fully saturated rings. The van der Waals surface area contributed by atoms with Crippen LogP contribution in [0, 0.1) is 5.92 Å². The van der Waals surface area contributed by atoms with E-state index in [0.717, 1.165) is 5.56 Å². The minimum Gasteiger partial charge on any atom is -0.466 e. The number of esters is 1. The molecule has 31 heavy (non-hydrogen) atoms. The molecular weight excluding hydrogens is 402 g/mol. The Bertz CT molecular complexity index is 794. The second-order valence-electron chi connectivity index (χ2n) is 7.86. The van der Waals surface area contributed by atoms with E-state index in [1.165, 1.54) is 6.08 Å². The molecular formula is C23H31NO7. The fraction of sp³-hybridized carbons (Fsp3) is 0.565. The maximum atomic E-state index is 13.0. The van der Waals surface area contributed by atoms with Crippen molar-refractivity contribution in [1.29, 1.82) is 0 Å². The van der Waals surface area contributed by atoms with Gasteiger partial charge in [-0.1, -0.05) is 18.7 Å². The van der Waals surface area contributed by atoms with Crippen LogP contribution in [0.3, 0.4) is 0 Å². The molecule has 2 aliphatic rings. The van der Waals surface area contributed by atoms with E-state index in [2.05, 4.69) is 6.58 Å². The predicted octanol–water partition coefficient (Wildman–Crippen LogP) is 3.24. The van der Waals surface area contributed by atoms with Gasteiger partial charge in [-0.25, -0.2) is 4.79 Å². The van der Waals surface area contributed by atoms with Gasteiger partial charge in [-0.05, 0) is 50.8 Å². The van der Waals surface area contributed by atoms with Gasteiger partial charge in [0.1, 0.15) is 6.61 Å². The molecule has 4 atom stereocenters. The zero-order chi connectivity index (χ0) is 22.4. The van der Waals surface area contributed by atoms with Crippen molar-refractivity contribution in [1.82, 2.24) is 4.90 Å². The Hall–Kier alpha value is -2.74. The molecule has 1 saturated heterocycles. The van der Waals surface area contributed by atoms with Crippen LogP contribution in [0.15, 0.2) is 30.9 Å². The Kier molecular flexibility index (Phi) is 7.79. The fourth-order valence-corrected chi connectivity index (χ4v) is 4.32. The van der Waals surface area contributed by atoms with Crippen molar-refractivity contribution in [2.45, 2.75) is 51.2 Å². The minimum atomic E-state index is -0.550. The summed E-state index contributed by atoms with van der Waals surface area (Å²) >= 11 is 0. The molecule has 8 nitrogen and oxygen atoms in total. The number of fused-ring (bicyclic) bond motifs is 1. The van der Waals surface area contributed by atoms with Gasteiger partial charge in [0.25, 0.3) is 0 Å². The predicted molar refractivity (Wildman–Crippen MR) is 113 cm³/mol. The number of hydrogen-bond donors (Lipinski definition) is 1. The van der Waals surface area contributed by atoms with Crippen LogP contribution in [-0.4, -0.2) is 60.8 Å². The first-order valence-corrected chi connectivity index (χ1v) is 10.7. The van der Waals surface area contributed by atoms with Gasteiger partial charge < -0.3 is 29.0 Å². The van der Waals surface area contributed by atoms with E-state index < -0.39 is 24.2 Å². The lowest BCUT2D eigenvalue weighted by atomic mass is 9.83. The first kappa shape index (κ1) is 22.9. The first-order chi connectivity index (χ1) is 15.0. The smallest absolute Gasteiger partial charge is 0.410 e. The Labute approximate surface area is 182 Å². The molecule has 0 radical (unpaired) electrons. The highest BCUT2D eigenvalue weighted by molar-refractivity contribution is 5.78. The topological polar surface area (TPSA) is 94.5 Å². The maximum absolute atomic E-state index is 13.0. The normalized spacial score (nSPS) is 22.8. The number of amides is 1. The molecule has 2 aliphatic heterocycles. The molecule has 0 spiro atoms. The number of carbonyl (C=O) groups is 2. The number of aliphatic hydroxyl groups is 1. The van der Waals surface area contributed by atoms with Crippen molar-refractivity contribution in [3.8, 4) is 11.5 Å². The first-order valence-electron chi connectivity index (χ1n) is 10.7. The van der Waals surface area contributed by atoms with Gasteiger partial charge in [0.2, 0.25) is 6.79 Å². The van der Waals surface area contributed by atoms with Gasteiger partial charge in [0, 0.05) is 18.5 Å². The number of ether oxygens (including phenoxy) is 4. The third-order valence-corrected chi connectivity index (χ3v) is 5.71. The highest BCUT2D eigenvalue weighted by atomic mass is 16.7. The lowest BCUT2D eigenvalue weighted by Crippen LogP contribution is -2.40. The lowest BCUT2D eigenvalue weighted by molar-refractivity contribution is -0.149. The van der Waals surface area contributed by atoms with Crippen molar-refractivity contribution in [3.05, 3.63) is 36.4 Å². The summed E-state index contributed by atoms with van der Waals surface area (Å²) in [6.45, 7) is 7.90. The van der Waals surface area contributed by atoms with Crippen LogP contribution >= 0.6 is 0 Å². The monoisotopic (exact) mass is 433 g/mol. The Morgan fingerprint density at radius 1 is 1.32 bits per heavy atom. The van der Waals surface area contributed by atoms with Crippen LogP contribution in [0.2, 0.25) is 0 Å². The molecule has 0 bridgehead atoms. The van der Waals surface area contributed by atoms with Crippen LogP contribution in [0.5, 0.6) is 11.5 Å². The Balaban J connectivity index is 1.92. The van der Waals surface area contributed by atoms with Gasteiger partial charge >= 0.3 is 12.1 Å². The minimum absolute atomic E-state index is 0.0918. The second-order valence-corrected chi connectivity index (χ2v) is 7.86. The van der Waals surface area contributed by atoms with E-state index in [1.54, 1.807) is 18.7 Å². The number of aliphatic hydroxyl groups excluding tert-OH is 1. The third kappa shape index (κ3) is 5.31. The highest BCUT2D eigenvalue weighted by Crippen LogP contribution is 2.43. The summed E-state index contributed by atoms with van der Waals surface area (Å²) in [5.41, 5.74) is 0.877. The molecule has 1 unspecified atom stereocenters. The zero-order valence-corrected chi connectivity index (χ0v) is 18.1. The number of likely N-dealkylation sites (tertiary alicyclic amines) is 1. The van der Waals surface area contributed by atoms with Crippen molar-refractivity contribution >= 4 is 12.1 Å². The fourth-order valence-electron chi connectivity index (χ4n) is 4.32. The van der Waals surface area contributed by atoms with Crippen LogP contribution in [-0.2, 0) is 14.3 Å². The van der Waals surface area contributed by atoms with Gasteiger partial charge in [0.05, 0.1) is 18.6 Å². The van der Waals surface area contributed by atoms with Crippen molar-refractivity contribution in [2.24, 2.45) is 5.92 Å². The summed E-state index contributed by atoms with van der Waals surface area (Å²) in [7, 11) is 0. The standard InChI is InChI=1S/C23H31NO7/c1-4-11-29-23(27)24-13-17(16-9-10-19-20(12-16)31-14-30-19)21(22(26)28-5-2)18(24)8-6-7-15(3)25/h4,9-10,12,15,17-18,21,25H,1,5-8,11,13-14H2,2-3H3/t15?,17-,18+,21-/m1/s1. The van der Waals surface area contributed by atoms with Crippen LogP contribution in [0.4, 0.5) is 4.79 Å². The van der Waals surface area contributed by atoms with Gasteiger partial charge in [-0.2, -0.15) is 0 Å². The summed E-state index contributed by atoms with van der Waals surface area (Å²) in [5, 5.41) is 9.66. The van der Waals surface area contributed by atoms with E-state index in [0.29, 0.717) is 37.3 Å². The van der Waals surface area contributed by atoms with Gasteiger partial charge in [0.15, 0.2) is 11.5 Å². The van der Waals surface area contributed by atoms with E-state index in [1.807, 2.05) is 18.2 Å². The molecule has 1 aromatic carbocycles. The SMILES string of the molecule is C=CCOC(=O)N1C[C@H](c2ccc3c(c2)OCO3)[C@@H](C(=O)OCC)[C@@H]1CCCC(C)O. The summed E-state index contributed by atoms with van der Waals surface area (Å²) in [5.74, 6) is 0.113. The highest BCUT2D eigenvalue weighted by Gasteiger charge is 2.49. The van der Waals surface area contributed by atoms with E-state index >= 15 is 0 Å². The van der Waals surface area contributed by atoms with Gasteiger partial charge in [-0.15, -0.1) is 0 Å². The molecule has 170 valence electrons. The lowest BCUT2D eigenvalue weighted by Gasteiger charge is -2.27. The molecule has 2 heterocycles. The molecule has 3 rings (SSSR count). The summed E-state index contributed by atoms with van der Waals surface area (Å²) in [4.78, 5) is 27.5. The molecule has 0 saturated carbocycles. The number of carbonyl (C=O) groups excluding carboxylic acids is 2. The van der Waals surface area contributed by atoms with E-state index in [-0.39, 0.29) is 31.9 Å². The molecule has 0 aliphatic carbocycles. The Morgan fingerprint density at radius 2 is 2.10 bits per heavy atom. The van der Waals surface area contributed by atoms with E-state index in [9.17, 15) is 14.7 Å². The summed E-state index contributed by atoms with van der Waals surface area (Å²) in [6, 6.07) is 5.19. The molecule has 1 aromatic rings. The number of benzene rings is 1. The molecule has 8 heteroatoms. The summed E-state index contributed by atoms with van der Waals surface area (Å²) < 4.78 is 21.6. The van der Waals surface area contributed by atoms with Crippen LogP contribution in [0.25, 0.3) is 0 Å². The quantitative estimate of drug-likeness (QED) is 0.472. The largest absolute Gasteiger partial charge is 0.466 e. The van der Waals surface area contributed by atoms with Crippen LogP contribution in [0.1, 0.15) is 44.6 Å². The molecule has 0 aromatic heterocycles. The van der Waals surface area contributed by atoms with E-state index in [4.69, 9.17) is 18.9 Å². The maximum Gasteiger partial charge on any atom is 0.410 e. The van der Waals surface area contributed by atoms with Gasteiger partial charge in [-0.3, -0.25) is 4.79 Å². The number of nitrogens with zero attached hydrogens (tertiary/aromatic N) is 1. The number of rotatable bonds is 9. The average Bonchev–Trinajstić information content (AvgIpc) is 3.36. The second kappa shape index (κ2) is 10.5. The third-order valence-electron chi connectivity index (χ3n) is 5.71. The van der Waals surface area contributed by atoms with Crippen LogP contribution < -0.4 is 9.47 Å². The molecule has 1 amide bonds. The van der Waals surface area contributed by atoms with Crippen molar-refractivity contribution in [2.75, 3.05) is 26.6 Å². The average molecular weight is 434 g/mol. The Morgan fingerprint density at radius 3 is 2.81 bits per heavy atom.